The van der Waals surface area contributed by atoms with E-state index in [1.807, 2.05) is 24.4 Å². The quantitative estimate of drug-likeness (QED) is 0.785. The first-order chi connectivity index (χ1) is 10.2. The lowest BCUT2D eigenvalue weighted by Crippen LogP contribution is -2.06. The highest BCUT2D eigenvalue weighted by Gasteiger charge is 2.17. The number of benzene rings is 1. The van der Waals surface area contributed by atoms with Gasteiger partial charge in [-0.3, -0.25) is 9.48 Å². The lowest BCUT2D eigenvalue weighted by atomic mass is 10.1. The van der Waals surface area contributed by atoms with Crippen molar-refractivity contribution >= 4 is 5.78 Å². The van der Waals surface area contributed by atoms with E-state index in [2.05, 4.69) is 9.78 Å². The lowest BCUT2D eigenvalue weighted by molar-refractivity contribution is 0.101. The molecule has 3 rings (SSSR count). The molecule has 1 fully saturated rings. The Kier molecular flexibility index (Phi) is 4.04. The number of rotatable bonds is 5. The van der Waals surface area contributed by atoms with Crippen LogP contribution in [0.15, 0.2) is 36.5 Å². The monoisotopic (exact) mass is 284 g/mol. The van der Waals surface area contributed by atoms with Crippen molar-refractivity contribution in [3.8, 4) is 5.75 Å². The number of ether oxygens (including phenoxy) is 1. The molecular weight excluding hydrogens is 264 g/mol. The van der Waals surface area contributed by atoms with E-state index in [0.717, 1.165) is 11.4 Å². The second-order valence-electron chi connectivity index (χ2n) is 5.59. The van der Waals surface area contributed by atoms with Gasteiger partial charge in [0.2, 0.25) is 0 Å². The van der Waals surface area contributed by atoms with Crippen molar-refractivity contribution in [3.63, 3.8) is 0 Å². The van der Waals surface area contributed by atoms with Gasteiger partial charge < -0.3 is 4.74 Å². The van der Waals surface area contributed by atoms with Gasteiger partial charge in [0.25, 0.3) is 0 Å². The van der Waals surface area contributed by atoms with Gasteiger partial charge in [-0.1, -0.05) is 12.8 Å². The zero-order valence-corrected chi connectivity index (χ0v) is 12.3. The summed E-state index contributed by atoms with van der Waals surface area (Å²) in [5.74, 6) is 0.826. The normalized spacial score (nSPS) is 15.3. The second-order valence-corrected chi connectivity index (χ2v) is 5.59. The summed E-state index contributed by atoms with van der Waals surface area (Å²) in [5, 5.41) is 4.59. The van der Waals surface area contributed by atoms with Crippen LogP contribution in [0.3, 0.4) is 0 Å². The third-order valence-electron chi connectivity index (χ3n) is 4.01. The summed E-state index contributed by atoms with van der Waals surface area (Å²) in [4.78, 5) is 11.2. The predicted molar refractivity (Wildman–Crippen MR) is 80.5 cm³/mol. The predicted octanol–water partition coefficient (Wildman–Crippen LogP) is 3.78. The molecule has 1 saturated carbocycles. The number of Topliss-reactive ketones (excluding diaryl/α,β-unsaturated/α-hetero) is 1. The van der Waals surface area contributed by atoms with Gasteiger partial charge in [-0.2, -0.15) is 5.10 Å². The van der Waals surface area contributed by atoms with Gasteiger partial charge in [-0.15, -0.1) is 0 Å². The molecule has 0 bridgehead atoms. The molecule has 4 nitrogen and oxygen atoms in total. The minimum Gasteiger partial charge on any atom is -0.487 e. The number of aromatic nitrogens is 2. The van der Waals surface area contributed by atoms with Crippen LogP contribution in [-0.4, -0.2) is 15.6 Å². The van der Waals surface area contributed by atoms with Crippen molar-refractivity contribution < 1.29 is 9.53 Å². The molecule has 1 aliphatic carbocycles. The molecule has 1 aliphatic rings. The fourth-order valence-corrected chi connectivity index (χ4v) is 2.77. The zero-order valence-electron chi connectivity index (χ0n) is 12.3. The zero-order chi connectivity index (χ0) is 14.7. The summed E-state index contributed by atoms with van der Waals surface area (Å²) in [6.45, 7) is 2.02. The molecule has 0 spiro atoms. The Morgan fingerprint density at radius 3 is 2.62 bits per heavy atom. The maximum absolute atomic E-state index is 11.2. The van der Waals surface area contributed by atoms with Crippen LogP contribution in [0.4, 0.5) is 0 Å². The van der Waals surface area contributed by atoms with E-state index in [0.29, 0.717) is 18.2 Å². The van der Waals surface area contributed by atoms with E-state index in [4.69, 9.17) is 4.74 Å². The Bertz CT molecular complexity index is 610. The summed E-state index contributed by atoms with van der Waals surface area (Å²) < 4.78 is 7.79. The lowest BCUT2D eigenvalue weighted by Gasteiger charge is -2.09. The summed E-state index contributed by atoms with van der Waals surface area (Å²) in [6.07, 6.45) is 7.12. The van der Waals surface area contributed by atoms with Gasteiger partial charge in [0, 0.05) is 11.8 Å². The van der Waals surface area contributed by atoms with E-state index in [1.54, 1.807) is 19.1 Å². The van der Waals surface area contributed by atoms with Gasteiger partial charge in [0.05, 0.1) is 11.7 Å². The third-order valence-corrected chi connectivity index (χ3v) is 4.01. The maximum atomic E-state index is 11.2. The minimum atomic E-state index is 0.0665. The fourth-order valence-electron chi connectivity index (χ4n) is 2.77. The number of hydrogen-bond acceptors (Lipinski definition) is 3. The van der Waals surface area contributed by atoms with Crippen molar-refractivity contribution in [3.05, 3.63) is 47.8 Å². The molecule has 0 N–H and O–H groups in total. The summed E-state index contributed by atoms with van der Waals surface area (Å²) in [6, 6.07) is 9.80. The topological polar surface area (TPSA) is 44.1 Å². The van der Waals surface area contributed by atoms with Crippen LogP contribution in [0, 0.1) is 0 Å². The number of hydrogen-bond donors (Lipinski definition) is 0. The van der Waals surface area contributed by atoms with Crippen molar-refractivity contribution in [2.24, 2.45) is 0 Å². The molecule has 21 heavy (non-hydrogen) atoms. The maximum Gasteiger partial charge on any atom is 0.159 e. The average Bonchev–Trinajstić information content (AvgIpc) is 3.16. The molecule has 1 aromatic carbocycles. The van der Waals surface area contributed by atoms with Crippen LogP contribution < -0.4 is 4.74 Å². The second kappa shape index (κ2) is 6.12. The highest BCUT2D eigenvalue weighted by Crippen LogP contribution is 2.28. The van der Waals surface area contributed by atoms with Crippen LogP contribution in [0.5, 0.6) is 5.75 Å². The SMILES string of the molecule is CC(=O)c1ccc(OCc2ccn(C3CCCC3)n2)cc1. The summed E-state index contributed by atoms with van der Waals surface area (Å²) in [5.41, 5.74) is 1.64. The molecule has 110 valence electrons. The Balaban J connectivity index is 1.58. The van der Waals surface area contributed by atoms with Gasteiger partial charge in [0.1, 0.15) is 12.4 Å². The van der Waals surface area contributed by atoms with E-state index in [-0.39, 0.29) is 5.78 Å². The molecule has 0 radical (unpaired) electrons. The van der Waals surface area contributed by atoms with Gasteiger partial charge >= 0.3 is 0 Å². The van der Waals surface area contributed by atoms with Crippen LogP contribution in [0.2, 0.25) is 0 Å². The number of ketones is 1. The molecule has 0 amide bonds. The summed E-state index contributed by atoms with van der Waals surface area (Å²) >= 11 is 0. The summed E-state index contributed by atoms with van der Waals surface area (Å²) in [7, 11) is 0. The Morgan fingerprint density at radius 2 is 1.95 bits per heavy atom. The first kappa shape index (κ1) is 13.9. The van der Waals surface area contributed by atoms with Crippen molar-refractivity contribution in [2.45, 2.75) is 45.3 Å². The molecular formula is C17H20N2O2. The van der Waals surface area contributed by atoms with Crippen LogP contribution >= 0.6 is 0 Å². The molecule has 0 atom stereocenters. The number of carbonyl (C=O) groups excluding carboxylic acids is 1. The van der Waals surface area contributed by atoms with Gasteiger partial charge in [0.15, 0.2) is 5.78 Å². The number of carbonyl (C=O) groups is 1. The van der Waals surface area contributed by atoms with E-state index in [1.165, 1.54) is 25.7 Å². The highest BCUT2D eigenvalue weighted by atomic mass is 16.5. The molecule has 2 aromatic rings. The van der Waals surface area contributed by atoms with Crippen molar-refractivity contribution in [1.82, 2.24) is 9.78 Å². The minimum absolute atomic E-state index is 0.0665. The Morgan fingerprint density at radius 1 is 1.24 bits per heavy atom. The largest absolute Gasteiger partial charge is 0.487 e. The first-order valence-corrected chi connectivity index (χ1v) is 7.50. The molecule has 0 aliphatic heterocycles. The average molecular weight is 284 g/mol. The smallest absolute Gasteiger partial charge is 0.159 e. The fraction of sp³-hybridized carbons (Fsp3) is 0.412. The Labute approximate surface area is 124 Å². The van der Waals surface area contributed by atoms with Crippen LogP contribution in [-0.2, 0) is 6.61 Å². The van der Waals surface area contributed by atoms with Crippen LogP contribution in [0.1, 0.15) is 54.7 Å². The molecule has 4 heteroatoms. The van der Waals surface area contributed by atoms with Crippen LogP contribution in [0.25, 0.3) is 0 Å². The standard InChI is InChI=1S/C17H20N2O2/c1-13(20)14-6-8-17(9-7-14)21-12-15-10-11-19(18-15)16-4-2-3-5-16/h6-11,16H,2-5,12H2,1H3. The molecule has 1 aromatic heterocycles. The van der Waals surface area contributed by atoms with Gasteiger partial charge in [-0.25, -0.2) is 0 Å². The van der Waals surface area contributed by atoms with Crippen molar-refractivity contribution in [1.29, 1.82) is 0 Å². The molecule has 0 unspecified atom stereocenters. The van der Waals surface area contributed by atoms with E-state index < -0.39 is 0 Å². The van der Waals surface area contributed by atoms with E-state index in [9.17, 15) is 4.79 Å². The molecule has 1 heterocycles. The Hall–Kier alpha value is -2.10. The van der Waals surface area contributed by atoms with Gasteiger partial charge in [-0.05, 0) is 50.1 Å². The van der Waals surface area contributed by atoms with Crippen molar-refractivity contribution in [2.75, 3.05) is 0 Å². The third kappa shape index (κ3) is 3.32. The molecule has 0 saturated heterocycles. The highest BCUT2D eigenvalue weighted by molar-refractivity contribution is 5.94. The number of nitrogens with zero attached hydrogens (tertiary/aromatic N) is 2. The van der Waals surface area contributed by atoms with E-state index >= 15 is 0 Å². The first-order valence-electron chi connectivity index (χ1n) is 7.50.